The first-order valence-electron chi connectivity index (χ1n) is 17.4. The Morgan fingerprint density at radius 3 is 2.04 bits per heavy atom. The Morgan fingerprint density at radius 2 is 1.33 bits per heavy atom. The van der Waals surface area contributed by atoms with Crippen molar-refractivity contribution in [1.82, 2.24) is 19.3 Å². The van der Waals surface area contributed by atoms with Gasteiger partial charge in [0.1, 0.15) is 17.3 Å². The van der Waals surface area contributed by atoms with Crippen LogP contribution in [-0.4, -0.2) is 19.3 Å². The zero-order chi connectivity index (χ0) is 34.6. The first-order valence-corrected chi connectivity index (χ1v) is 17.4. The quantitative estimate of drug-likeness (QED) is 0.173. The van der Waals surface area contributed by atoms with E-state index >= 15 is 0 Å². The summed E-state index contributed by atoms with van der Waals surface area (Å²) in [4.78, 5) is 4.84. The van der Waals surface area contributed by atoms with Gasteiger partial charge in [0, 0.05) is 40.4 Å². The van der Waals surface area contributed by atoms with Gasteiger partial charge >= 0.3 is 0 Å². The van der Waals surface area contributed by atoms with Crippen molar-refractivity contribution in [3.05, 3.63) is 131 Å². The van der Waals surface area contributed by atoms with Crippen LogP contribution < -0.4 is 4.74 Å². The Bertz CT molecular complexity index is 2300. The number of aromatic nitrogens is 4. The van der Waals surface area contributed by atoms with Crippen LogP contribution in [0.25, 0.3) is 44.4 Å². The largest absolute Gasteiger partial charge is 0.457 e. The summed E-state index contributed by atoms with van der Waals surface area (Å²) in [5.41, 5.74) is 11.8. The second-order valence-electron chi connectivity index (χ2n) is 14.9. The molecular weight excluding hydrogens is 601 g/mol. The fraction of sp³-hybridized carbons (Fsp3) is 0.273. The summed E-state index contributed by atoms with van der Waals surface area (Å²) in [6, 6.07) is 34.1. The van der Waals surface area contributed by atoms with E-state index in [1.165, 1.54) is 33.2 Å². The standard InChI is InChI=1S/C44H46N4O/c1-27(2)35-17-13-18-36(28(3)4)43(35)42-29(5)46-48(30(42)6)32-14-12-15-33(25-32)49-34-20-21-38-37-16-10-11-19-39(37)47(40(38)26-34)41-24-31(22-23-45-41)44(7,8)9/h10-28H,1-9H3. The van der Waals surface area contributed by atoms with Crippen molar-refractivity contribution in [1.29, 1.82) is 0 Å². The predicted molar refractivity (Wildman–Crippen MR) is 204 cm³/mol. The molecule has 0 aliphatic rings. The van der Waals surface area contributed by atoms with Crippen LogP contribution in [0.15, 0.2) is 103 Å². The number of para-hydroxylation sites is 1. The average molecular weight is 647 g/mol. The van der Waals surface area contributed by atoms with Gasteiger partial charge in [-0.2, -0.15) is 5.10 Å². The third-order valence-corrected chi connectivity index (χ3v) is 9.70. The highest BCUT2D eigenvalue weighted by Crippen LogP contribution is 2.41. The molecule has 0 amide bonds. The predicted octanol–water partition coefficient (Wildman–Crippen LogP) is 12.0. The Balaban J connectivity index is 1.29. The van der Waals surface area contributed by atoms with Gasteiger partial charge in [0.2, 0.25) is 0 Å². The van der Waals surface area contributed by atoms with Crippen LogP contribution in [0.5, 0.6) is 11.5 Å². The molecule has 7 rings (SSSR count). The number of rotatable bonds is 7. The summed E-state index contributed by atoms with van der Waals surface area (Å²) >= 11 is 0. The lowest BCUT2D eigenvalue weighted by Gasteiger charge is -2.20. The van der Waals surface area contributed by atoms with E-state index in [0.717, 1.165) is 50.8 Å². The van der Waals surface area contributed by atoms with E-state index in [1.807, 2.05) is 18.3 Å². The Labute approximate surface area is 290 Å². The molecule has 0 fully saturated rings. The van der Waals surface area contributed by atoms with Crippen LogP contribution in [0.4, 0.5) is 0 Å². The first-order chi connectivity index (χ1) is 23.4. The van der Waals surface area contributed by atoms with E-state index in [4.69, 9.17) is 14.8 Å². The fourth-order valence-electron chi connectivity index (χ4n) is 7.18. The molecule has 4 aromatic carbocycles. The van der Waals surface area contributed by atoms with Crippen molar-refractivity contribution in [2.24, 2.45) is 0 Å². The van der Waals surface area contributed by atoms with Crippen molar-refractivity contribution >= 4 is 21.8 Å². The minimum atomic E-state index is 0.0104. The molecule has 0 saturated carbocycles. The summed E-state index contributed by atoms with van der Waals surface area (Å²) in [5, 5.41) is 7.44. The van der Waals surface area contributed by atoms with Gasteiger partial charge in [-0.25, -0.2) is 9.67 Å². The summed E-state index contributed by atoms with van der Waals surface area (Å²) in [7, 11) is 0. The number of benzene rings is 4. The molecule has 0 radical (unpaired) electrons. The van der Waals surface area contributed by atoms with Crippen LogP contribution in [0.2, 0.25) is 0 Å². The van der Waals surface area contributed by atoms with Gasteiger partial charge in [0.05, 0.1) is 22.4 Å². The molecule has 5 heteroatoms. The minimum Gasteiger partial charge on any atom is -0.457 e. The number of nitrogens with zero attached hydrogens (tertiary/aromatic N) is 4. The molecule has 0 atom stereocenters. The molecule has 0 bridgehead atoms. The van der Waals surface area contributed by atoms with Crippen molar-refractivity contribution in [2.45, 2.75) is 79.6 Å². The van der Waals surface area contributed by atoms with Gasteiger partial charge in [0.15, 0.2) is 0 Å². The van der Waals surface area contributed by atoms with Gasteiger partial charge in [-0.3, -0.25) is 4.57 Å². The van der Waals surface area contributed by atoms with Crippen LogP contribution in [0.3, 0.4) is 0 Å². The van der Waals surface area contributed by atoms with Gasteiger partial charge in [-0.1, -0.05) is 90.9 Å². The molecule has 248 valence electrons. The van der Waals surface area contributed by atoms with E-state index in [-0.39, 0.29) is 5.41 Å². The first kappa shape index (κ1) is 32.4. The maximum Gasteiger partial charge on any atom is 0.137 e. The van der Waals surface area contributed by atoms with Crippen molar-refractivity contribution in [3.8, 4) is 34.1 Å². The number of fused-ring (bicyclic) bond motifs is 3. The Morgan fingerprint density at radius 1 is 0.653 bits per heavy atom. The zero-order valence-electron chi connectivity index (χ0n) is 30.2. The zero-order valence-corrected chi connectivity index (χ0v) is 30.2. The number of ether oxygens (including phenoxy) is 1. The monoisotopic (exact) mass is 646 g/mol. The van der Waals surface area contributed by atoms with Crippen LogP contribution in [0, 0.1) is 13.8 Å². The number of hydrogen-bond acceptors (Lipinski definition) is 3. The van der Waals surface area contributed by atoms with Crippen molar-refractivity contribution < 1.29 is 4.74 Å². The molecule has 3 heterocycles. The molecule has 0 unspecified atom stereocenters. The summed E-state index contributed by atoms with van der Waals surface area (Å²) in [5.74, 6) is 3.23. The minimum absolute atomic E-state index is 0.0104. The summed E-state index contributed by atoms with van der Waals surface area (Å²) < 4.78 is 10.9. The molecule has 0 aliphatic carbocycles. The van der Waals surface area contributed by atoms with Crippen LogP contribution >= 0.6 is 0 Å². The van der Waals surface area contributed by atoms with E-state index in [0.29, 0.717) is 11.8 Å². The third kappa shape index (κ3) is 5.82. The van der Waals surface area contributed by atoms with Gasteiger partial charge in [-0.05, 0) is 95.8 Å². The van der Waals surface area contributed by atoms with Crippen molar-refractivity contribution in [3.63, 3.8) is 0 Å². The van der Waals surface area contributed by atoms with Gasteiger partial charge < -0.3 is 4.74 Å². The lowest BCUT2D eigenvalue weighted by Crippen LogP contribution is -2.12. The normalized spacial score (nSPS) is 12.1. The molecule has 7 aromatic rings. The Hall–Kier alpha value is -5.16. The molecule has 5 nitrogen and oxygen atoms in total. The second kappa shape index (κ2) is 12.4. The topological polar surface area (TPSA) is 44.9 Å². The second-order valence-corrected chi connectivity index (χ2v) is 14.9. The summed E-state index contributed by atoms with van der Waals surface area (Å²) in [6.07, 6.45) is 1.91. The average Bonchev–Trinajstić information content (AvgIpc) is 3.56. The highest BCUT2D eigenvalue weighted by atomic mass is 16.5. The van der Waals surface area contributed by atoms with E-state index in [9.17, 15) is 0 Å². The fourth-order valence-corrected chi connectivity index (χ4v) is 7.18. The molecule has 0 saturated heterocycles. The highest BCUT2D eigenvalue weighted by molar-refractivity contribution is 6.09. The highest BCUT2D eigenvalue weighted by Gasteiger charge is 2.23. The Kier molecular flexibility index (Phi) is 8.18. The number of pyridine rings is 1. The van der Waals surface area contributed by atoms with E-state index in [1.54, 1.807) is 0 Å². The van der Waals surface area contributed by atoms with Gasteiger partial charge in [-0.15, -0.1) is 0 Å². The van der Waals surface area contributed by atoms with Crippen molar-refractivity contribution in [2.75, 3.05) is 0 Å². The molecule has 0 N–H and O–H groups in total. The number of hydrogen-bond donors (Lipinski definition) is 0. The van der Waals surface area contributed by atoms with Crippen LogP contribution in [0.1, 0.15) is 88.4 Å². The SMILES string of the molecule is Cc1nn(-c2cccc(Oc3ccc4c5ccccc5n(-c5cc(C(C)(C)C)ccn5)c4c3)c2)c(C)c1-c1c(C(C)C)cccc1C(C)C. The molecular formula is C44H46N4O. The van der Waals surface area contributed by atoms with E-state index < -0.39 is 0 Å². The smallest absolute Gasteiger partial charge is 0.137 e. The lowest BCUT2D eigenvalue weighted by molar-refractivity contribution is 0.482. The number of aryl methyl sites for hydroxylation is 1. The molecule has 3 aromatic heterocycles. The maximum absolute atomic E-state index is 6.60. The summed E-state index contributed by atoms with van der Waals surface area (Å²) in [6.45, 7) is 20.1. The maximum atomic E-state index is 6.60. The van der Waals surface area contributed by atoms with Gasteiger partial charge in [0.25, 0.3) is 0 Å². The van der Waals surface area contributed by atoms with E-state index in [2.05, 4.69) is 156 Å². The third-order valence-electron chi connectivity index (χ3n) is 9.70. The molecule has 0 aliphatic heterocycles. The lowest BCUT2D eigenvalue weighted by atomic mass is 9.84. The molecule has 0 spiro atoms. The molecule has 49 heavy (non-hydrogen) atoms. The van der Waals surface area contributed by atoms with Crippen LogP contribution in [-0.2, 0) is 5.41 Å².